The Bertz CT molecular complexity index is 1190. The van der Waals surface area contributed by atoms with E-state index in [1.807, 2.05) is 17.8 Å². The van der Waals surface area contributed by atoms with E-state index in [0.29, 0.717) is 32.2 Å². The first-order chi connectivity index (χ1) is 18.4. The lowest BCUT2D eigenvalue weighted by molar-refractivity contribution is -0.104. The van der Waals surface area contributed by atoms with Crippen LogP contribution in [0.15, 0.2) is 29.5 Å². The Morgan fingerprint density at radius 2 is 2.00 bits per heavy atom. The fraction of sp³-hybridized carbons (Fsp3) is 0.679. The van der Waals surface area contributed by atoms with Gasteiger partial charge in [0, 0.05) is 63.4 Å². The Kier molecular flexibility index (Phi) is 6.82. The van der Waals surface area contributed by atoms with Crippen LogP contribution in [0.3, 0.4) is 0 Å². The molecule has 3 atom stereocenters. The van der Waals surface area contributed by atoms with Crippen molar-refractivity contribution >= 4 is 23.5 Å². The molecule has 1 N–H and O–H groups in total. The van der Waals surface area contributed by atoms with Crippen LogP contribution in [0.4, 0.5) is 10.5 Å². The second kappa shape index (κ2) is 10.1. The number of ether oxygens (including phenoxy) is 3. The molecule has 4 aliphatic rings. The minimum absolute atomic E-state index is 0.0679. The molecule has 0 spiro atoms. The first-order valence-electron chi connectivity index (χ1n) is 13.9. The fourth-order valence-corrected chi connectivity index (χ4v) is 6.60. The monoisotopic (exact) mass is 524 g/mol. The molecule has 0 bridgehead atoms. The third-order valence-electron chi connectivity index (χ3n) is 8.82. The molecule has 0 aromatic carbocycles. The minimum atomic E-state index is -0.237. The lowest BCUT2D eigenvalue weighted by atomic mass is 9.71. The molecule has 0 aliphatic carbocycles. The van der Waals surface area contributed by atoms with Crippen LogP contribution in [0, 0.1) is 5.92 Å². The van der Waals surface area contributed by atoms with Crippen molar-refractivity contribution in [3.8, 4) is 0 Å². The van der Waals surface area contributed by atoms with Gasteiger partial charge in [-0.3, -0.25) is 4.99 Å². The highest BCUT2D eigenvalue weighted by Crippen LogP contribution is 2.42. The Balaban J connectivity index is 1.14. The summed E-state index contributed by atoms with van der Waals surface area (Å²) in [5, 5.41) is 8.21. The van der Waals surface area contributed by atoms with E-state index in [2.05, 4.69) is 53.7 Å². The van der Waals surface area contributed by atoms with Gasteiger partial charge in [0.25, 0.3) is 0 Å². The number of piperidine rings is 1. The average Bonchev–Trinajstić information content (AvgIpc) is 3.35. The molecule has 3 unspecified atom stereocenters. The van der Waals surface area contributed by atoms with Gasteiger partial charge < -0.3 is 29.3 Å². The zero-order chi connectivity index (χ0) is 26.3. The smallest absolute Gasteiger partial charge is 0.410 e. The van der Waals surface area contributed by atoms with E-state index < -0.39 is 0 Å². The quantitative estimate of drug-likeness (QED) is 0.643. The van der Waals surface area contributed by atoms with E-state index in [1.165, 1.54) is 5.56 Å². The van der Waals surface area contributed by atoms with Gasteiger partial charge in [-0.1, -0.05) is 0 Å². The topological polar surface area (TPSA) is 92.9 Å². The predicted octanol–water partition coefficient (Wildman–Crippen LogP) is 3.06. The van der Waals surface area contributed by atoms with Crippen molar-refractivity contribution in [3.05, 3.63) is 30.1 Å². The average molecular weight is 525 g/mol. The number of hydrogen-bond donors (Lipinski definition) is 1. The Labute approximate surface area is 224 Å². The number of methoxy groups -OCH3 is 1. The van der Waals surface area contributed by atoms with Crippen LogP contribution in [-0.2, 0) is 14.2 Å². The molecule has 10 heteroatoms. The normalized spacial score (nSPS) is 29.9. The van der Waals surface area contributed by atoms with Gasteiger partial charge in [-0.2, -0.15) is 5.10 Å². The molecule has 3 saturated heterocycles. The molecule has 4 aliphatic heterocycles. The van der Waals surface area contributed by atoms with Crippen molar-refractivity contribution in [1.29, 1.82) is 0 Å². The summed E-state index contributed by atoms with van der Waals surface area (Å²) in [5.41, 5.74) is 3.33. The molecule has 2 aromatic heterocycles. The summed E-state index contributed by atoms with van der Waals surface area (Å²) in [6.07, 6.45) is 9.88. The van der Waals surface area contributed by atoms with Gasteiger partial charge in [0.15, 0.2) is 6.10 Å². The molecule has 3 fully saturated rings. The van der Waals surface area contributed by atoms with Crippen LogP contribution in [-0.4, -0.2) is 97.1 Å². The van der Waals surface area contributed by atoms with Crippen molar-refractivity contribution < 1.29 is 19.0 Å². The Hall–Kier alpha value is -2.69. The van der Waals surface area contributed by atoms with Crippen molar-refractivity contribution in [1.82, 2.24) is 19.8 Å². The van der Waals surface area contributed by atoms with Gasteiger partial charge in [0.1, 0.15) is 0 Å². The summed E-state index contributed by atoms with van der Waals surface area (Å²) in [7, 11) is 1.86. The van der Waals surface area contributed by atoms with Gasteiger partial charge >= 0.3 is 6.09 Å². The molecule has 0 radical (unpaired) electrons. The van der Waals surface area contributed by atoms with Crippen LogP contribution in [0.25, 0.3) is 5.52 Å². The standard InChI is InChI=1S/C28H40N6O4/c1-27(2)19-28(36-3,7-9-30-27)21-4-5-23(29-15-21)20-14-25-24(6-8-31-34(25)16-20)32-10-12-33(13-11-32)26(35)38-22-17-37-18-22/h6,8,14-16,21-23,30H,4-5,7,9-13,17-19H2,1-3H3. The van der Waals surface area contributed by atoms with E-state index in [-0.39, 0.29) is 29.4 Å². The number of piperazine rings is 1. The lowest BCUT2D eigenvalue weighted by Crippen LogP contribution is -2.58. The number of rotatable bonds is 5. The van der Waals surface area contributed by atoms with Crippen LogP contribution in [0.2, 0.25) is 0 Å². The molecular weight excluding hydrogens is 484 g/mol. The van der Waals surface area contributed by atoms with Gasteiger partial charge in [-0.15, -0.1) is 0 Å². The maximum Gasteiger partial charge on any atom is 0.410 e. The number of carbonyl (C=O) groups is 1. The molecule has 1 amide bonds. The first-order valence-corrected chi connectivity index (χ1v) is 13.9. The first kappa shape index (κ1) is 25.6. The van der Waals surface area contributed by atoms with Gasteiger partial charge in [-0.25, -0.2) is 9.31 Å². The molecule has 2 aromatic rings. The van der Waals surface area contributed by atoms with Gasteiger partial charge in [0.05, 0.1) is 36.1 Å². The highest BCUT2D eigenvalue weighted by molar-refractivity contribution is 5.75. The summed E-state index contributed by atoms with van der Waals surface area (Å²) in [4.78, 5) is 21.6. The Morgan fingerprint density at radius 1 is 1.18 bits per heavy atom. The SMILES string of the molecule is COC1(C2C=NC(c3cc4c(N5CCN(C(=O)OC6COC6)CC5)ccnn4c3)CC2)CCNC(C)(C)C1. The number of nitrogens with zero attached hydrogens (tertiary/aromatic N) is 5. The summed E-state index contributed by atoms with van der Waals surface area (Å²) in [5.74, 6) is 0.329. The third kappa shape index (κ3) is 4.89. The number of carbonyl (C=O) groups excluding carboxylic acids is 1. The zero-order valence-electron chi connectivity index (χ0n) is 22.8. The maximum atomic E-state index is 12.4. The molecule has 206 valence electrons. The van der Waals surface area contributed by atoms with Crippen LogP contribution in [0.5, 0.6) is 0 Å². The van der Waals surface area contributed by atoms with Crippen molar-refractivity contribution in [2.75, 3.05) is 57.9 Å². The molecule has 38 heavy (non-hydrogen) atoms. The summed E-state index contributed by atoms with van der Waals surface area (Å²) >= 11 is 0. The highest BCUT2D eigenvalue weighted by atomic mass is 16.6. The molecule has 10 nitrogen and oxygen atoms in total. The number of aliphatic imine (C=N–C) groups is 1. The predicted molar refractivity (Wildman–Crippen MR) is 145 cm³/mol. The Morgan fingerprint density at radius 3 is 2.66 bits per heavy atom. The number of nitrogens with one attached hydrogen (secondary N) is 1. The molecule has 6 heterocycles. The number of aromatic nitrogens is 2. The van der Waals surface area contributed by atoms with Crippen molar-refractivity contribution in [3.63, 3.8) is 0 Å². The molecular formula is C28H40N6O4. The van der Waals surface area contributed by atoms with Crippen molar-refractivity contribution in [2.45, 2.75) is 62.8 Å². The fourth-order valence-electron chi connectivity index (χ4n) is 6.60. The zero-order valence-corrected chi connectivity index (χ0v) is 22.8. The third-order valence-corrected chi connectivity index (χ3v) is 8.82. The molecule has 6 rings (SSSR count). The molecule has 0 saturated carbocycles. The van der Waals surface area contributed by atoms with E-state index in [0.717, 1.165) is 56.5 Å². The maximum absolute atomic E-state index is 12.4. The number of fused-ring (bicyclic) bond motifs is 1. The second-order valence-electron chi connectivity index (χ2n) is 11.8. The summed E-state index contributed by atoms with van der Waals surface area (Å²) in [6.45, 7) is 9.28. The number of hydrogen-bond acceptors (Lipinski definition) is 8. The van der Waals surface area contributed by atoms with Crippen LogP contribution in [0.1, 0.15) is 51.1 Å². The van der Waals surface area contributed by atoms with E-state index in [9.17, 15) is 4.79 Å². The number of amides is 1. The van der Waals surface area contributed by atoms with Gasteiger partial charge in [-0.05, 0) is 63.8 Å². The van der Waals surface area contributed by atoms with E-state index in [4.69, 9.17) is 19.2 Å². The summed E-state index contributed by atoms with van der Waals surface area (Å²) in [6, 6.07) is 4.44. The highest BCUT2D eigenvalue weighted by Gasteiger charge is 2.46. The lowest BCUT2D eigenvalue weighted by Gasteiger charge is -2.48. The van der Waals surface area contributed by atoms with E-state index >= 15 is 0 Å². The van der Waals surface area contributed by atoms with E-state index in [1.54, 1.807) is 4.90 Å². The minimum Gasteiger partial charge on any atom is -0.441 e. The van der Waals surface area contributed by atoms with Crippen LogP contribution < -0.4 is 10.2 Å². The van der Waals surface area contributed by atoms with Crippen molar-refractivity contribution in [2.24, 2.45) is 10.9 Å². The van der Waals surface area contributed by atoms with Crippen LogP contribution >= 0.6 is 0 Å². The second-order valence-corrected chi connectivity index (χ2v) is 11.8. The number of anilines is 1. The van der Waals surface area contributed by atoms with Gasteiger partial charge in [0.2, 0.25) is 0 Å². The summed E-state index contributed by atoms with van der Waals surface area (Å²) < 4.78 is 18.7. The largest absolute Gasteiger partial charge is 0.441 e.